The van der Waals surface area contributed by atoms with Crippen LogP contribution in [0, 0.1) is 0 Å². The highest BCUT2D eigenvalue weighted by Crippen LogP contribution is 2.36. The molecule has 1 saturated carbocycles. The van der Waals surface area contributed by atoms with Crippen LogP contribution in [0.4, 0.5) is 5.69 Å². The molecule has 2 N–H and O–H groups in total. The maximum Gasteiger partial charge on any atom is 0.0640 e. The summed E-state index contributed by atoms with van der Waals surface area (Å²) < 4.78 is 0. The fourth-order valence-electron chi connectivity index (χ4n) is 4.14. The van der Waals surface area contributed by atoms with Crippen molar-refractivity contribution in [1.82, 2.24) is 10.3 Å². The summed E-state index contributed by atoms with van der Waals surface area (Å²) in [7, 11) is 0. The molecule has 1 fully saturated rings. The van der Waals surface area contributed by atoms with Crippen LogP contribution in [0.3, 0.4) is 0 Å². The molecule has 2 aliphatic rings. The predicted octanol–water partition coefficient (Wildman–Crippen LogP) is 5.46. The summed E-state index contributed by atoms with van der Waals surface area (Å²) >= 11 is 8.61. The maximum atomic E-state index is 6.57. The van der Waals surface area contributed by atoms with Crippen molar-refractivity contribution in [1.29, 1.82) is 0 Å². The zero-order valence-corrected chi connectivity index (χ0v) is 17.3. The molecule has 1 aliphatic carbocycles. The number of fused-ring (bicyclic) bond motifs is 1. The van der Waals surface area contributed by atoms with E-state index in [4.69, 9.17) is 11.6 Å². The van der Waals surface area contributed by atoms with Gasteiger partial charge in [0.05, 0.1) is 10.7 Å². The molecule has 0 radical (unpaired) electrons. The highest BCUT2D eigenvalue weighted by molar-refractivity contribution is 8.00. The standard InChI is InChI=1S/C22H28ClN3S/c23-20-7-6-16-8-11-24-12-9-19(16)22(20)26-15-17-14-25-13-10-21(17)27-18-4-2-1-3-5-18/h6-7,10,13-14,18,24,26H,1-5,8-9,11-12,15H2. The number of nitrogens with one attached hydrogen (secondary N) is 2. The van der Waals surface area contributed by atoms with Gasteiger partial charge in [0, 0.05) is 34.6 Å². The Morgan fingerprint density at radius 3 is 2.85 bits per heavy atom. The fourth-order valence-corrected chi connectivity index (χ4v) is 5.73. The zero-order chi connectivity index (χ0) is 18.5. The van der Waals surface area contributed by atoms with Crippen LogP contribution in [-0.2, 0) is 19.4 Å². The van der Waals surface area contributed by atoms with Crippen molar-refractivity contribution in [3.63, 3.8) is 0 Å². The molecule has 1 aromatic heterocycles. The average Bonchev–Trinajstić information content (AvgIpc) is 2.95. The molecule has 2 heterocycles. The topological polar surface area (TPSA) is 37.0 Å². The van der Waals surface area contributed by atoms with Crippen molar-refractivity contribution in [2.45, 2.75) is 61.6 Å². The fraction of sp³-hybridized carbons (Fsp3) is 0.500. The Morgan fingerprint density at radius 2 is 1.96 bits per heavy atom. The average molecular weight is 402 g/mol. The number of benzene rings is 1. The third kappa shape index (κ3) is 4.79. The van der Waals surface area contributed by atoms with E-state index in [2.05, 4.69) is 27.8 Å². The van der Waals surface area contributed by atoms with E-state index < -0.39 is 0 Å². The van der Waals surface area contributed by atoms with Gasteiger partial charge in [0.25, 0.3) is 0 Å². The van der Waals surface area contributed by atoms with Crippen LogP contribution >= 0.6 is 23.4 Å². The lowest BCUT2D eigenvalue weighted by atomic mass is 10.0. The molecule has 0 amide bonds. The van der Waals surface area contributed by atoms with Crippen LogP contribution < -0.4 is 10.6 Å². The number of anilines is 1. The second-order valence-corrected chi connectivity index (χ2v) is 9.27. The van der Waals surface area contributed by atoms with E-state index in [-0.39, 0.29) is 0 Å². The molecule has 0 spiro atoms. The molecular weight excluding hydrogens is 374 g/mol. The lowest BCUT2D eigenvalue weighted by Gasteiger charge is -2.22. The van der Waals surface area contributed by atoms with Crippen molar-refractivity contribution in [2.24, 2.45) is 0 Å². The quantitative estimate of drug-likeness (QED) is 0.697. The van der Waals surface area contributed by atoms with Gasteiger partial charge in [-0.25, -0.2) is 0 Å². The van der Waals surface area contributed by atoms with Crippen LogP contribution in [0.2, 0.25) is 5.02 Å². The summed E-state index contributed by atoms with van der Waals surface area (Å²) in [6.07, 6.45) is 12.8. The number of nitrogens with zero attached hydrogens (tertiary/aromatic N) is 1. The second-order valence-electron chi connectivity index (χ2n) is 7.52. The molecule has 3 nitrogen and oxygen atoms in total. The third-order valence-corrected chi connectivity index (χ3v) is 7.41. The molecule has 5 heteroatoms. The van der Waals surface area contributed by atoms with E-state index in [9.17, 15) is 0 Å². The normalized spacial score (nSPS) is 18.0. The van der Waals surface area contributed by atoms with Gasteiger partial charge in [-0.05, 0) is 62.0 Å². The van der Waals surface area contributed by atoms with E-state index in [0.717, 1.165) is 48.4 Å². The summed E-state index contributed by atoms with van der Waals surface area (Å²) in [5.74, 6) is 0. The first kappa shape index (κ1) is 19.1. The Bertz CT molecular complexity index is 774. The molecular formula is C22H28ClN3S. The highest BCUT2D eigenvalue weighted by Gasteiger charge is 2.18. The molecule has 144 valence electrons. The molecule has 0 saturated heterocycles. The number of thioether (sulfide) groups is 1. The number of rotatable bonds is 5. The lowest BCUT2D eigenvalue weighted by molar-refractivity contribution is 0.516. The number of hydrogen-bond donors (Lipinski definition) is 2. The monoisotopic (exact) mass is 401 g/mol. The molecule has 0 bridgehead atoms. The first-order valence-electron chi connectivity index (χ1n) is 10.2. The molecule has 27 heavy (non-hydrogen) atoms. The number of hydrogen-bond acceptors (Lipinski definition) is 4. The summed E-state index contributed by atoms with van der Waals surface area (Å²) in [4.78, 5) is 5.74. The molecule has 0 atom stereocenters. The minimum Gasteiger partial charge on any atom is -0.379 e. The predicted molar refractivity (Wildman–Crippen MR) is 116 cm³/mol. The van der Waals surface area contributed by atoms with Crippen molar-refractivity contribution in [3.8, 4) is 0 Å². The summed E-state index contributed by atoms with van der Waals surface area (Å²) in [5.41, 5.74) is 5.16. The van der Waals surface area contributed by atoms with Crippen molar-refractivity contribution < 1.29 is 0 Å². The second kappa shape index (κ2) is 9.31. The summed E-state index contributed by atoms with van der Waals surface area (Å²) in [6, 6.07) is 6.40. The Kier molecular flexibility index (Phi) is 6.59. The molecule has 1 aliphatic heterocycles. The third-order valence-electron chi connectivity index (χ3n) is 5.64. The van der Waals surface area contributed by atoms with Crippen LogP contribution in [-0.4, -0.2) is 23.3 Å². The lowest BCUT2D eigenvalue weighted by Crippen LogP contribution is -2.16. The van der Waals surface area contributed by atoms with Crippen LogP contribution in [0.1, 0.15) is 48.8 Å². The van der Waals surface area contributed by atoms with E-state index in [1.807, 2.05) is 30.2 Å². The van der Waals surface area contributed by atoms with Crippen LogP contribution in [0.15, 0.2) is 35.5 Å². The first-order valence-corrected chi connectivity index (χ1v) is 11.4. The summed E-state index contributed by atoms with van der Waals surface area (Å²) in [6.45, 7) is 2.82. The number of halogens is 1. The van der Waals surface area contributed by atoms with Crippen LogP contribution in [0.5, 0.6) is 0 Å². The zero-order valence-electron chi connectivity index (χ0n) is 15.8. The Morgan fingerprint density at radius 1 is 1.11 bits per heavy atom. The first-order chi connectivity index (χ1) is 13.3. The van der Waals surface area contributed by atoms with Gasteiger partial charge in [-0.1, -0.05) is 36.9 Å². The van der Waals surface area contributed by atoms with Crippen molar-refractivity contribution >= 4 is 29.1 Å². The minimum atomic E-state index is 0.752. The van der Waals surface area contributed by atoms with E-state index >= 15 is 0 Å². The van der Waals surface area contributed by atoms with E-state index in [1.54, 1.807) is 0 Å². The molecule has 0 unspecified atom stereocenters. The van der Waals surface area contributed by atoms with Gasteiger partial charge in [0.1, 0.15) is 0 Å². The largest absolute Gasteiger partial charge is 0.379 e. The van der Waals surface area contributed by atoms with Gasteiger partial charge in [-0.3, -0.25) is 4.98 Å². The number of aromatic nitrogens is 1. The van der Waals surface area contributed by atoms with E-state index in [1.165, 1.54) is 53.7 Å². The van der Waals surface area contributed by atoms with Gasteiger partial charge < -0.3 is 10.6 Å². The van der Waals surface area contributed by atoms with Crippen molar-refractivity contribution in [3.05, 3.63) is 52.3 Å². The minimum absolute atomic E-state index is 0.752. The summed E-state index contributed by atoms with van der Waals surface area (Å²) in [5, 5.41) is 8.71. The Hall–Kier alpha value is -1.23. The number of pyridine rings is 1. The van der Waals surface area contributed by atoms with Crippen molar-refractivity contribution in [2.75, 3.05) is 18.4 Å². The molecule has 2 aromatic rings. The highest BCUT2D eigenvalue weighted by atomic mass is 35.5. The Balaban J connectivity index is 1.51. The molecule has 1 aromatic carbocycles. The SMILES string of the molecule is Clc1ccc2c(c1NCc1cnccc1SC1CCCCC1)CCNCC2. The molecule has 4 rings (SSSR count). The van der Waals surface area contributed by atoms with Gasteiger partial charge in [-0.15, -0.1) is 11.8 Å². The smallest absolute Gasteiger partial charge is 0.0640 e. The Labute approximate surface area is 171 Å². The van der Waals surface area contributed by atoms with Crippen LogP contribution in [0.25, 0.3) is 0 Å². The van der Waals surface area contributed by atoms with Gasteiger partial charge in [0.15, 0.2) is 0 Å². The van der Waals surface area contributed by atoms with Gasteiger partial charge in [-0.2, -0.15) is 0 Å². The van der Waals surface area contributed by atoms with Gasteiger partial charge >= 0.3 is 0 Å². The van der Waals surface area contributed by atoms with Gasteiger partial charge in [0.2, 0.25) is 0 Å². The maximum absolute atomic E-state index is 6.57. The van der Waals surface area contributed by atoms with E-state index in [0.29, 0.717) is 0 Å².